The van der Waals surface area contributed by atoms with Crippen LogP contribution in [0.2, 0.25) is 0 Å². The van der Waals surface area contributed by atoms with E-state index in [1.807, 2.05) is 0 Å². The highest BCUT2D eigenvalue weighted by Crippen LogP contribution is 2.46. The number of nitrogens with one attached hydrogen (secondary N) is 1. The van der Waals surface area contributed by atoms with Crippen LogP contribution in [0.5, 0.6) is 0 Å². The summed E-state index contributed by atoms with van der Waals surface area (Å²) in [5.41, 5.74) is 0.656. The summed E-state index contributed by atoms with van der Waals surface area (Å²) in [6.07, 6.45) is 4.18. The molecule has 2 fully saturated rings. The lowest BCUT2D eigenvalue weighted by Gasteiger charge is -2.25. The van der Waals surface area contributed by atoms with Gasteiger partial charge in [-0.15, -0.1) is 0 Å². The molecule has 1 N–H and O–H groups in total. The minimum Gasteiger partial charge on any atom is -0.312 e. The monoisotopic (exact) mass is 225 g/mol. The van der Waals surface area contributed by atoms with Gasteiger partial charge in [0.25, 0.3) is 0 Å². The predicted molar refractivity (Wildman–Crippen MR) is 68.7 cm³/mol. The van der Waals surface area contributed by atoms with E-state index in [1.54, 1.807) is 0 Å². The normalized spacial score (nSPS) is 29.6. The van der Waals surface area contributed by atoms with Gasteiger partial charge in [-0.2, -0.15) is 0 Å². The largest absolute Gasteiger partial charge is 0.312 e. The smallest absolute Gasteiger partial charge is 0.0166 e. The Morgan fingerprint density at radius 2 is 2.12 bits per heavy atom. The van der Waals surface area contributed by atoms with Crippen LogP contribution in [0.3, 0.4) is 0 Å². The van der Waals surface area contributed by atoms with Gasteiger partial charge in [-0.05, 0) is 58.8 Å². The lowest BCUT2D eigenvalue weighted by molar-refractivity contribution is 0.225. The highest BCUT2D eigenvalue weighted by atomic mass is 15.2. The maximum atomic E-state index is 3.67. The Balaban J connectivity index is 1.77. The first-order valence-electron chi connectivity index (χ1n) is 6.70. The van der Waals surface area contributed by atoms with Gasteiger partial charge in [0.2, 0.25) is 0 Å². The molecule has 1 atom stereocenters. The van der Waals surface area contributed by atoms with E-state index in [0.717, 1.165) is 0 Å². The molecule has 0 radical (unpaired) electrons. The second-order valence-electron chi connectivity index (χ2n) is 6.17. The highest BCUT2D eigenvalue weighted by Gasteiger charge is 2.45. The van der Waals surface area contributed by atoms with Crippen LogP contribution in [0.25, 0.3) is 0 Å². The third-order valence-electron chi connectivity index (χ3n) is 3.95. The van der Waals surface area contributed by atoms with Gasteiger partial charge >= 0.3 is 0 Å². The predicted octanol–water partition coefficient (Wildman–Crippen LogP) is 1.01. The summed E-state index contributed by atoms with van der Waals surface area (Å²) in [5, 5.41) is 3.67. The van der Waals surface area contributed by atoms with E-state index in [9.17, 15) is 0 Å². The lowest BCUT2D eigenvalue weighted by atomic mass is 10.1. The van der Waals surface area contributed by atoms with Gasteiger partial charge in [-0.3, -0.25) is 0 Å². The van der Waals surface area contributed by atoms with Crippen molar-refractivity contribution < 1.29 is 0 Å². The van der Waals surface area contributed by atoms with Crippen LogP contribution in [0.4, 0.5) is 0 Å². The van der Waals surface area contributed by atoms with Gasteiger partial charge in [0.1, 0.15) is 0 Å². The molecule has 1 unspecified atom stereocenters. The zero-order valence-corrected chi connectivity index (χ0v) is 11.1. The van der Waals surface area contributed by atoms with Crippen LogP contribution in [0, 0.1) is 5.41 Å². The molecule has 1 aliphatic heterocycles. The Kier molecular flexibility index (Phi) is 3.88. The fourth-order valence-corrected chi connectivity index (χ4v) is 2.73. The van der Waals surface area contributed by atoms with Crippen LogP contribution in [-0.4, -0.2) is 62.7 Å². The van der Waals surface area contributed by atoms with Gasteiger partial charge < -0.3 is 15.1 Å². The summed E-state index contributed by atoms with van der Waals surface area (Å²) >= 11 is 0. The number of nitrogens with zero attached hydrogens (tertiary/aromatic N) is 2. The third-order valence-corrected chi connectivity index (χ3v) is 3.95. The summed E-state index contributed by atoms with van der Waals surface area (Å²) in [4.78, 5) is 4.97. The fraction of sp³-hybridized carbons (Fsp3) is 1.00. The van der Waals surface area contributed by atoms with Crippen molar-refractivity contribution in [3.05, 3.63) is 0 Å². The molecule has 0 aromatic carbocycles. The molecule has 0 amide bonds. The molecule has 3 heteroatoms. The molecule has 1 aliphatic carbocycles. The number of hydrogen-bond donors (Lipinski definition) is 1. The SMILES string of the molecule is CC1CN(CCCN(C)C)CC2(CC2)CN1. The molecule has 1 saturated carbocycles. The molecule has 0 bridgehead atoms. The van der Waals surface area contributed by atoms with Crippen LogP contribution in [0.1, 0.15) is 26.2 Å². The van der Waals surface area contributed by atoms with Crippen LogP contribution >= 0.6 is 0 Å². The first-order chi connectivity index (χ1) is 7.60. The van der Waals surface area contributed by atoms with E-state index in [1.165, 1.54) is 52.0 Å². The van der Waals surface area contributed by atoms with Gasteiger partial charge in [0.05, 0.1) is 0 Å². The summed E-state index contributed by atoms with van der Waals surface area (Å²) < 4.78 is 0. The van der Waals surface area contributed by atoms with E-state index in [4.69, 9.17) is 0 Å². The lowest BCUT2D eigenvalue weighted by Crippen LogP contribution is -2.36. The molecule has 1 heterocycles. The van der Waals surface area contributed by atoms with Crippen molar-refractivity contribution in [3.63, 3.8) is 0 Å². The van der Waals surface area contributed by atoms with Crippen molar-refractivity contribution in [2.24, 2.45) is 5.41 Å². The van der Waals surface area contributed by atoms with Gasteiger partial charge in [-0.25, -0.2) is 0 Å². The first-order valence-corrected chi connectivity index (χ1v) is 6.70. The topological polar surface area (TPSA) is 18.5 Å². The second-order valence-corrected chi connectivity index (χ2v) is 6.17. The molecule has 1 saturated heterocycles. The average molecular weight is 225 g/mol. The number of rotatable bonds is 4. The average Bonchev–Trinajstić information content (AvgIpc) is 2.96. The van der Waals surface area contributed by atoms with Crippen molar-refractivity contribution >= 4 is 0 Å². The Morgan fingerprint density at radius 3 is 2.75 bits per heavy atom. The highest BCUT2D eigenvalue weighted by molar-refractivity contribution is 4.99. The maximum absolute atomic E-state index is 3.67. The standard InChI is InChI=1S/C13H27N3/c1-12-9-16(8-4-7-15(2)3)11-13(5-6-13)10-14-12/h12,14H,4-11H2,1-3H3. The summed E-state index contributed by atoms with van der Waals surface area (Å²) in [6, 6.07) is 0.666. The van der Waals surface area contributed by atoms with Crippen molar-refractivity contribution in [2.75, 3.05) is 46.8 Å². The minimum absolute atomic E-state index is 0.656. The Bertz CT molecular complexity index is 223. The van der Waals surface area contributed by atoms with Gasteiger partial charge in [0, 0.05) is 25.7 Å². The van der Waals surface area contributed by atoms with Crippen molar-refractivity contribution in [1.29, 1.82) is 0 Å². The van der Waals surface area contributed by atoms with Gasteiger partial charge in [0.15, 0.2) is 0 Å². The molecule has 94 valence electrons. The van der Waals surface area contributed by atoms with E-state index < -0.39 is 0 Å². The van der Waals surface area contributed by atoms with E-state index >= 15 is 0 Å². The van der Waals surface area contributed by atoms with Crippen LogP contribution in [0.15, 0.2) is 0 Å². The van der Waals surface area contributed by atoms with E-state index in [2.05, 4.69) is 36.1 Å². The number of hydrogen-bond acceptors (Lipinski definition) is 3. The van der Waals surface area contributed by atoms with Crippen molar-refractivity contribution in [3.8, 4) is 0 Å². The quantitative estimate of drug-likeness (QED) is 0.770. The first kappa shape index (κ1) is 12.3. The summed E-state index contributed by atoms with van der Waals surface area (Å²) in [5.74, 6) is 0. The third kappa shape index (κ3) is 3.44. The maximum Gasteiger partial charge on any atom is 0.0166 e. The fourth-order valence-electron chi connectivity index (χ4n) is 2.73. The molecule has 0 aromatic heterocycles. The molecule has 2 rings (SSSR count). The molecule has 0 aromatic rings. The van der Waals surface area contributed by atoms with Crippen molar-refractivity contribution in [1.82, 2.24) is 15.1 Å². The molecule has 3 nitrogen and oxygen atoms in total. The van der Waals surface area contributed by atoms with E-state index in [-0.39, 0.29) is 0 Å². The molecular formula is C13H27N3. The molecule has 1 spiro atoms. The second kappa shape index (κ2) is 5.03. The Hall–Kier alpha value is -0.120. The zero-order chi connectivity index (χ0) is 11.6. The van der Waals surface area contributed by atoms with Gasteiger partial charge in [-0.1, -0.05) is 0 Å². The Labute approximate surface area is 100 Å². The Morgan fingerprint density at radius 1 is 1.38 bits per heavy atom. The zero-order valence-electron chi connectivity index (χ0n) is 11.1. The van der Waals surface area contributed by atoms with E-state index in [0.29, 0.717) is 11.5 Å². The molecular weight excluding hydrogens is 198 g/mol. The summed E-state index contributed by atoms with van der Waals surface area (Å²) in [7, 11) is 4.32. The van der Waals surface area contributed by atoms with Crippen LogP contribution in [-0.2, 0) is 0 Å². The minimum atomic E-state index is 0.656. The molecule has 2 aliphatic rings. The van der Waals surface area contributed by atoms with Crippen LogP contribution < -0.4 is 5.32 Å². The molecule has 16 heavy (non-hydrogen) atoms. The van der Waals surface area contributed by atoms with Crippen molar-refractivity contribution in [2.45, 2.75) is 32.2 Å². The summed E-state index contributed by atoms with van der Waals surface area (Å²) in [6.45, 7) is 8.61.